The number of rotatable bonds is 3. The van der Waals surface area contributed by atoms with E-state index in [-0.39, 0.29) is 0 Å². The lowest BCUT2D eigenvalue weighted by Gasteiger charge is -2.12. The van der Waals surface area contributed by atoms with Gasteiger partial charge >= 0.3 is 0 Å². The number of pyridine rings is 1. The Kier molecular flexibility index (Phi) is 3.00. The fourth-order valence-electron chi connectivity index (χ4n) is 2.21. The fourth-order valence-corrected chi connectivity index (χ4v) is 2.45. The molecule has 0 radical (unpaired) electrons. The molecule has 0 aromatic carbocycles. The van der Waals surface area contributed by atoms with E-state index in [2.05, 4.69) is 10.2 Å². The minimum absolute atomic E-state index is 0.463. The fraction of sp³-hybridized carbons (Fsp3) is 0.231. The molecule has 0 fully saturated rings. The number of halogens is 1. The quantitative estimate of drug-likeness (QED) is 0.798. The molecule has 0 aliphatic rings. The summed E-state index contributed by atoms with van der Waals surface area (Å²) in [5.74, 6) is 0. The zero-order valence-corrected chi connectivity index (χ0v) is 11.1. The van der Waals surface area contributed by atoms with Crippen LogP contribution in [0.5, 0.6) is 0 Å². The monoisotopic (exact) mass is 276 g/mol. The first-order valence-electron chi connectivity index (χ1n) is 6.04. The third kappa shape index (κ3) is 1.91. The van der Waals surface area contributed by atoms with E-state index in [0.29, 0.717) is 17.3 Å². The van der Waals surface area contributed by atoms with Crippen LogP contribution in [0.3, 0.4) is 0 Å². The number of aryl methyl sites for hydroxylation is 1. The van der Waals surface area contributed by atoms with Crippen LogP contribution in [-0.4, -0.2) is 24.5 Å². The van der Waals surface area contributed by atoms with Gasteiger partial charge in [0.05, 0.1) is 28.6 Å². The van der Waals surface area contributed by atoms with Gasteiger partial charge in [-0.25, -0.2) is 4.52 Å². The van der Waals surface area contributed by atoms with Gasteiger partial charge in [-0.05, 0) is 19.1 Å². The number of fused-ring (bicyclic) bond motifs is 1. The highest BCUT2D eigenvalue weighted by atomic mass is 35.5. The molecule has 1 N–H and O–H groups in total. The second-order valence-corrected chi connectivity index (χ2v) is 4.63. The van der Waals surface area contributed by atoms with E-state index >= 15 is 0 Å². The molecule has 5 nitrogen and oxygen atoms in total. The Bertz CT molecular complexity index is 718. The van der Waals surface area contributed by atoms with Crippen molar-refractivity contribution in [3.63, 3.8) is 0 Å². The van der Waals surface area contributed by atoms with Crippen LogP contribution in [0, 0.1) is 0 Å². The highest BCUT2D eigenvalue weighted by Gasteiger charge is 2.22. The molecule has 0 amide bonds. The first-order valence-corrected chi connectivity index (χ1v) is 6.41. The van der Waals surface area contributed by atoms with E-state index in [1.807, 2.05) is 31.3 Å². The summed E-state index contributed by atoms with van der Waals surface area (Å²) in [7, 11) is 0. The van der Waals surface area contributed by atoms with Gasteiger partial charge in [0.2, 0.25) is 0 Å². The molecule has 98 valence electrons. The Labute approximate surface area is 115 Å². The van der Waals surface area contributed by atoms with E-state index in [1.54, 1.807) is 21.6 Å². The van der Waals surface area contributed by atoms with Gasteiger partial charge in [0.1, 0.15) is 6.10 Å². The lowest BCUT2D eigenvalue weighted by Crippen LogP contribution is -2.09. The summed E-state index contributed by atoms with van der Waals surface area (Å²) in [6.07, 6.45) is 4.21. The topological polar surface area (TPSA) is 55.3 Å². The zero-order valence-electron chi connectivity index (χ0n) is 10.4. The van der Waals surface area contributed by atoms with Crippen LogP contribution in [0.2, 0.25) is 5.02 Å². The number of hydrogen-bond acceptors (Lipinski definition) is 3. The highest BCUT2D eigenvalue weighted by Crippen LogP contribution is 2.30. The minimum Gasteiger partial charge on any atom is -0.382 e. The van der Waals surface area contributed by atoms with Gasteiger partial charge in [-0.3, -0.25) is 4.68 Å². The second-order valence-electron chi connectivity index (χ2n) is 4.23. The Morgan fingerprint density at radius 3 is 2.95 bits per heavy atom. The lowest BCUT2D eigenvalue weighted by molar-refractivity contribution is 0.209. The molecule has 0 saturated carbocycles. The zero-order chi connectivity index (χ0) is 13.4. The van der Waals surface area contributed by atoms with E-state index < -0.39 is 6.10 Å². The Hall–Kier alpha value is -1.85. The van der Waals surface area contributed by atoms with Crippen molar-refractivity contribution in [2.75, 3.05) is 0 Å². The van der Waals surface area contributed by atoms with Crippen molar-refractivity contribution in [2.45, 2.75) is 19.6 Å². The van der Waals surface area contributed by atoms with Gasteiger partial charge in [-0.15, -0.1) is 0 Å². The summed E-state index contributed by atoms with van der Waals surface area (Å²) in [5, 5.41) is 19.4. The van der Waals surface area contributed by atoms with E-state index in [4.69, 9.17) is 11.6 Å². The van der Waals surface area contributed by atoms with Gasteiger partial charge in [-0.2, -0.15) is 10.2 Å². The Balaban J connectivity index is 2.13. The van der Waals surface area contributed by atoms with Crippen LogP contribution >= 0.6 is 11.6 Å². The molecule has 1 atom stereocenters. The number of aliphatic hydroxyl groups excluding tert-OH is 1. The van der Waals surface area contributed by atoms with Crippen LogP contribution < -0.4 is 0 Å². The normalized spacial score (nSPS) is 13.0. The van der Waals surface area contributed by atoms with E-state index in [9.17, 15) is 5.11 Å². The molecule has 3 aromatic rings. The van der Waals surface area contributed by atoms with Crippen molar-refractivity contribution in [1.82, 2.24) is 19.4 Å². The van der Waals surface area contributed by atoms with Gasteiger partial charge in [0.25, 0.3) is 0 Å². The smallest absolute Gasteiger partial charge is 0.126 e. The van der Waals surface area contributed by atoms with Crippen molar-refractivity contribution in [3.8, 4) is 0 Å². The molecule has 3 rings (SSSR count). The molecular weight excluding hydrogens is 264 g/mol. The van der Waals surface area contributed by atoms with Crippen molar-refractivity contribution in [1.29, 1.82) is 0 Å². The maximum atomic E-state index is 10.6. The summed E-state index contributed by atoms with van der Waals surface area (Å²) in [4.78, 5) is 0. The predicted molar refractivity (Wildman–Crippen MR) is 72.2 cm³/mol. The molecule has 3 aromatic heterocycles. The molecule has 0 spiro atoms. The molecule has 19 heavy (non-hydrogen) atoms. The lowest BCUT2D eigenvalue weighted by atomic mass is 10.1. The molecule has 3 heterocycles. The van der Waals surface area contributed by atoms with Crippen molar-refractivity contribution in [3.05, 3.63) is 53.1 Å². The maximum Gasteiger partial charge on any atom is 0.126 e. The number of hydrogen-bond donors (Lipinski definition) is 1. The summed E-state index contributed by atoms with van der Waals surface area (Å²) in [6.45, 7) is 2.61. The predicted octanol–water partition coefficient (Wildman–Crippen LogP) is 2.29. The molecule has 0 saturated heterocycles. The molecule has 0 aliphatic carbocycles. The van der Waals surface area contributed by atoms with Crippen molar-refractivity contribution in [2.24, 2.45) is 0 Å². The molecule has 0 aliphatic heterocycles. The summed E-state index contributed by atoms with van der Waals surface area (Å²) < 4.78 is 3.42. The molecule has 0 bridgehead atoms. The van der Waals surface area contributed by atoms with Crippen molar-refractivity contribution >= 4 is 17.1 Å². The van der Waals surface area contributed by atoms with Gasteiger partial charge in [0, 0.05) is 18.3 Å². The van der Waals surface area contributed by atoms with Gasteiger partial charge < -0.3 is 5.11 Å². The third-order valence-corrected chi connectivity index (χ3v) is 3.43. The Morgan fingerprint density at radius 1 is 1.32 bits per heavy atom. The van der Waals surface area contributed by atoms with Gasteiger partial charge in [-0.1, -0.05) is 17.7 Å². The van der Waals surface area contributed by atoms with E-state index in [0.717, 1.165) is 11.1 Å². The minimum atomic E-state index is -0.838. The molecular formula is C13H13ClN4O. The summed E-state index contributed by atoms with van der Waals surface area (Å²) in [6, 6.07) is 5.71. The van der Waals surface area contributed by atoms with E-state index in [1.165, 1.54) is 0 Å². The van der Waals surface area contributed by atoms with Crippen molar-refractivity contribution < 1.29 is 5.11 Å². The third-order valence-electron chi connectivity index (χ3n) is 3.14. The first kappa shape index (κ1) is 12.2. The van der Waals surface area contributed by atoms with Gasteiger partial charge in [0.15, 0.2) is 0 Å². The van der Waals surface area contributed by atoms with Crippen LogP contribution in [0.15, 0.2) is 36.8 Å². The summed E-state index contributed by atoms with van der Waals surface area (Å²) >= 11 is 6.12. The molecule has 6 heteroatoms. The average Bonchev–Trinajstić information content (AvgIpc) is 3.01. The Morgan fingerprint density at radius 2 is 2.16 bits per heavy atom. The van der Waals surface area contributed by atoms with Crippen LogP contribution in [0.25, 0.3) is 5.52 Å². The standard InChI is InChI=1S/C13H13ClN4O/c1-2-17-12(10(14)8-16-17)13(19)9-7-15-18-6-4-3-5-11(9)18/h3-8,13,19H,2H2,1H3. The largest absolute Gasteiger partial charge is 0.382 e. The van der Waals surface area contributed by atoms with Crippen LogP contribution in [-0.2, 0) is 6.54 Å². The number of nitrogens with zero attached hydrogens (tertiary/aromatic N) is 4. The number of aliphatic hydroxyl groups is 1. The van der Waals surface area contributed by atoms with Crippen LogP contribution in [0.4, 0.5) is 0 Å². The second kappa shape index (κ2) is 4.68. The average molecular weight is 277 g/mol. The highest BCUT2D eigenvalue weighted by molar-refractivity contribution is 6.31. The number of aromatic nitrogens is 4. The SMILES string of the molecule is CCn1ncc(Cl)c1C(O)c1cnn2ccccc12. The maximum absolute atomic E-state index is 10.6. The molecule has 1 unspecified atom stereocenters. The first-order chi connectivity index (χ1) is 9.22. The van der Waals surface area contributed by atoms with Crippen LogP contribution in [0.1, 0.15) is 24.3 Å². The summed E-state index contributed by atoms with van der Waals surface area (Å²) in [5.41, 5.74) is 2.18.